The molecule has 0 amide bonds. The fourth-order valence-electron chi connectivity index (χ4n) is 3.94. The number of imidazole rings is 1. The van der Waals surface area contributed by atoms with Gasteiger partial charge in [0.15, 0.2) is 0 Å². The van der Waals surface area contributed by atoms with Gasteiger partial charge in [0, 0.05) is 37.2 Å². The van der Waals surface area contributed by atoms with Crippen molar-refractivity contribution >= 4 is 25.5 Å². The summed E-state index contributed by atoms with van der Waals surface area (Å²) in [7, 11) is -7.81. The molecule has 8 nitrogen and oxygen atoms in total. The van der Waals surface area contributed by atoms with E-state index in [9.17, 15) is 16.8 Å². The average molecular weight is 539 g/mol. The fraction of sp³-hybridized carbons (Fsp3) is 0.222. The van der Waals surface area contributed by atoms with E-state index in [4.69, 9.17) is 0 Å². The van der Waals surface area contributed by atoms with Crippen LogP contribution in [0.1, 0.15) is 30.5 Å². The van der Waals surface area contributed by atoms with Gasteiger partial charge >= 0.3 is 0 Å². The summed E-state index contributed by atoms with van der Waals surface area (Å²) in [4.78, 5) is 3.93. The number of rotatable bonds is 11. The molecule has 2 N–H and O–H groups in total. The van der Waals surface area contributed by atoms with Crippen LogP contribution in [-0.2, 0) is 26.4 Å². The second-order valence-corrected chi connectivity index (χ2v) is 12.5. The number of hydrogen-bond acceptors (Lipinski definition) is 6. The third-order valence-corrected chi connectivity index (χ3v) is 9.42. The molecule has 0 fully saturated rings. The Hall–Kier alpha value is -3.47. The average Bonchev–Trinajstić information content (AvgIpc) is 3.41. The molecule has 10 heteroatoms. The number of nitrogens with zero attached hydrogens (tertiary/aromatic N) is 2. The lowest BCUT2D eigenvalue weighted by Crippen LogP contribution is -2.26. The Morgan fingerprint density at radius 2 is 1.62 bits per heavy atom. The molecular formula is C27H30N4O4S2. The van der Waals surface area contributed by atoms with Gasteiger partial charge in [0.05, 0.1) is 21.0 Å². The van der Waals surface area contributed by atoms with Crippen molar-refractivity contribution in [3.63, 3.8) is 0 Å². The SMILES string of the molecule is Cc1ccc(S(=O)(=O)c2ccc(NC(C)c3ccccc3)cc2)cc1S(=O)(=O)NCCCn1ccnc1. The van der Waals surface area contributed by atoms with Gasteiger partial charge in [0.1, 0.15) is 0 Å². The van der Waals surface area contributed by atoms with E-state index < -0.39 is 19.9 Å². The van der Waals surface area contributed by atoms with Crippen molar-refractivity contribution in [2.24, 2.45) is 0 Å². The van der Waals surface area contributed by atoms with E-state index in [0.29, 0.717) is 18.5 Å². The van der Waals surface area contributed by atoms with Crippen LogP contribution >= 0.6 is 0 Å². The molecule has 4 aromatic rings. The molecule has 0 saturated heterocycles. The van der Waals surface area contributed by atoms with Gasteiger partial charge in [0.25, 0.3) is 0 Å². The quantitative estimate of drug-likeness (QED) is 0.271. The van der Waals surface area contributed by atoms with E-state index >= 15 is 0 Å². The normalized spacial score (nSPS) is 12.8. The maximum atomic E-state index is 13.3. The number of aryl methyl sites for hydroxylation is 2. The second-order valence-electron chi connectivity index (χ2n) is 8.78. The highest BCUT2D eigenvalue weighted by Crippen LogP contribution is 2.27. The number of sulfonamides is 1. The van der Waals surface area contributed by atoms with Crippen LogP contribution < -0.4 is 10.0 Å². The van der Waals surface area contributed by atoms with E-state index in [-0.39, 0.29) is 27.3 Å². The zero-order valence-corrected chi connectivity index (χ0v) is 22.3. The minimum Gasteiger partial charge on any atom is -0.379 e. The van der Waals surface area contributed by atoms with E-state index in [1.807, 2.05) is 41.8 Å². The minimum absolute atomic E-state index is 0.0426. The van der Waals surface area contributed by atoms with Gasteiger partial charge in [-0.3, -0.25) is 0 Å². The molecule has 0 spiro atoms. The Labute approximate surface area is 218 Å². The van der Waals surface area contributed by atoms with Gasteiger partial charge in [-0.2, -0.15) is 0 Å². The third kappa shape index (κ3) is 6.46. The summed E-state index contributed by atoms with van der Waals surface area (Å²) in [5, 5.41) is 3.36. The second kappa shape index (κ2) is 11.3. The van der Waals surface area contributed by atoms with Crippen molar-refractivity contribution in [3.05, 3.63) is 103 Å². The molecular weight excluding hydrogens is 508 g/mol. The number of sulfone groups is 1. The van der Waals surface area contributed by atoms with Crippen molar-refractivity contribution in [1.29, 1.82) is 0 Å². The maximum Gasteiger partial charge on any atom is 0.240 e. The molecule has 0 radical (unpaired) electrons. The van der Waals surface area contributed by atoms with Crippen LogP contribution in [0, 0.1) is 6.92 Å². The van der Waals surface area contributed by atoms with Crippen LogP contribution in [0.3, 0.4) is 0 Å². The van der Waals surface area contributed by atoms with Crippen molar-refractivity contribution < 1.29 is 16.8 Å². The highest BCUT2D eigenvalue weighted by Gasteiger charge is 2.23. The lowest BCUT2D eigenvalue weighted by molar-refractivity contribution is 0.569. The van der Waals surface area contributed by atoms with E-state index in [1.165, 1.54) is 30.3 Å². The molecule has 194 valence electrons. The Morgan fingerprint density at radius 3 is 2.30 bits per heavy atom. The lowest BCUT2D eigenvalue weighted by Gasteiger charge is -2.16. The van der Waals surface area contributed by atoms with Crippen molar-refractivity contribution in [2.75, 3.05) is 11.9 Å². The van der Waals surface area contributed by atoms with Crippen molar-refractivity contribution in [3.8, 4) is 0 Å². The van der Waals surface area contributed by atoms with E-state index in [1.54, 1.807) is 37.8 Å². The Balaban J connectivity index is 1.48. The Bertz CT molecular complexity index is 1540. The first kappa shape index (κ1) is 26.6. The van der Waals surface area contributed by atoms with Crippen LogP contribution in [0.15, 0.2) is 106 Å². The predicted octanol–water partition coefficient (Wildman–Crippen LogP) is 4.57. The third-order valence-electron chi connectivity index (χ3n) is 6.05. The van der Waals surface area contributed by atoms with Gasteiger partial charge in [-0.15, -0.1) is 0 Å². The molecule has 0 aliphatic rings. The monoisotopic (exact) mass is 538 g/mol. The first-order chi connectivity index (χ1) is 17.7. The van der Waals surface area contributed by atoms with Gasteiger partial charge in [-0.25, -0.2) is 26.5 Å². The smallest absolute Gasteiger partial charge is 0.240 e. The summed E-state index contributed by atoms with van der Waals surface area (Å²) in [6.45, 7) is 4.50. The number of aromatic nitrogens is 2. The predicted molar refractivity (Wildman–Crippen MR) is 144 cm³/mol. The number of anilines is 1. The molecule has 1 unspecified atom stereocenters. The lowest BCUT2D eigenvalue weighted by atomic mass is 10.1. The molecule has 37 heavy (non-hydrogen) atoms. The first-order valence-electron chi connectivity index (χ1n) is 11.9. The van der Waals surface area contributed by atoms with Gasteiger partial charge in [-0.05, 0) is 67.8 Å². The van der Waals surface area contributed by atoms with E-state index in [2.05, 4.69) is 15.0 Å². The zero-order valence-electron chi connectivity index (χ0n) is 20.7. The molecule has 4 rings (SSSR count). The number of nitrogens with one attached hydrogen (secondary N) is 2. The molecule has 0 bridgehead atoms. The van der Waals surface area contributed by atoms with Crippen molar-refractivity contribution in [1.82, 2.24) is 14.3 Å². The summed E-state index contributed by atoms with van der Waals surface area (Å²) < 4.78 is 57.0. The van der Waals surface area contributed by atoms with Crippen LogP contribution in [-0.4, -0.2) is 32.9 Å². The molecule has 1 heterocycles. The molecule has 0 aliphatic heterocycles. The van der Waals surface area contributed by atoms with Gasteiger partial charge in [0.2, 0.25) is 19.9 Å². The maximum absolute atomic E-state index is 13.3. The number of hydrogen-bond donors (Lipinski definition) is 2. The number of benzene rings is 3. The van der Waals surface area contributed by atoms with Crippen LogP contribution in [0.5, 0.6) is 0 Å². The molecule has 0 saturated carbocycles. The molecule has 1 atom stereocenters. The highest BCUT2D eigenvalue weighted by molar-refractivity contribution is 7.91. The molecule has 1 aromatic heterocycles. The topological polar surface area (TPSA) is 110 Å². The van der Waals surface area contributed by atoms with Crippen molar-refractivity contribution in [2.45, 2.75) is 47.5 Å². The largest absolute Gasteiger partial charge is 0.379 e. The van der Waals surface area contributed by atoms with Crippen LogP contribution in [0.2, 0.25) is 0 Å². The summed E-state index contributed by atoms with van der Waals surface area (Å²) in [6.07, 6.45) is 5.70. The minimum atomic E-state index is -3.92. The Kier molecular flexibility index (Phi) is 8.11. The van der Waals surface area contributed by atoms with Gasteiger partial charge in [-0.1, -0.05) is 36.4 Å². The standard InChI is InChI=1S/C27H30N4O4S2/c1-21-9-12-26(19-27(21)37(34,35)29-15-6-17-31-18-16-28-20-31)36(32,33)25-13-10-24(11-14-25)30-22(2)23-7-4-3-5-8-23/h3-5,7-14,16,18-20,22,29-30H,6,15,17H2,1-2H3. The fourth-order valence-corrected chi connectivity index (χ4v) is 6.65. The van der Waals surface area contributed by atoms with E-state index in [0.717, 1.165) is 11.3 Å². The Morgan fingerprint density at radius 1 is 0.919 bits per heavy atom. The summed E-state index contributed by atoms with van der Waals surface area (Å²) in [5.41, 5.74) is 2.36. The van der Waals surface area contributed by atoms with Crippen LogP contribution in [0.4, 0.5) is 5.69 Å². The first-order valence-corrected chi connectivity index (χ1v) is 14.9. The summed E-state index contributed by atoms with van der Waals surface area (Å²) in [5.74, 6) is 0. The molecule has 0 aliphatic carbocycles. The molecule has 3 aromatic carbocycles. The zero-order chi connectivity index (χ0) is 26.5. The summed E-state index contributed by atoms with van der Waals surface area (Å²) >= 11 is 0. The highest BCUT2D eigenvalue weighted by atomic mass is 32.2. The van der Waals surface area contributed by atoms with Crippen LogP contribution in [0.25, 0.3) is 0 Å². The summed E-state index contributed by atoms with van der Waals surface area (Å²) in [6, 6.07) is 20.6. The van der Waals surface area contributed by atoms with Gasteiger partial charge < -0.3 is 9.88 Å².